The van der Waals surface area contributed by atoms with Crippen LogP contribution in [0.5, 0.6) is 0 Å². The molecule has 2 aromatic carbocycles. The third-order valence-electron chi connectivity index (χ3n) is 4.28. The highest BCUT2D eigenvalue weighted by atomic mass is 79.9. The van der Waals surface area contributed by atoms with Crippen LogP contribution in [0.4, 0.5) is 15.8 Å². The number of nitrogens with zero attached hydrogens (tertiary/aromatic N) is 2. The summed E-state index contributed by atoms with van der Waals surface area (Å²) in [5.41, 5.74) is 0.943. The Bertz CT molecular complexity index is 1290. The topological polar surface area (TPSA) is 76.6 Å². The van der Waals surface area contributed by atoms with Crippen molar-refractivity contribution < 1.29 is 18.5 Å². The molecule has 1 aliphatic rings. The van der Waals surface area contributed by atoms with E-state index in [0.29, 0.717) is 32.1 Å². The molecule has 0 N–H and O–H groups in total. The van der Waals surface area contributed by atoms with E-state index in [2.05, 4.69) is 15.9 Å². The summed E-state index contributed by atoms with van der Waals surface area (Å²) >= 11 is 15.5. The van der Waals surface area contributed by atoms with Crippen LogP contribution in [-0.4, -0.2) is 15.2 Å². The molecule has 0 bridgehead atoms. The van der Waals surface area contributed by atoms with Crippen molar-refractivity contribution >= 4 is 79.2 Å². The molecule has 0 unspecified atom stereocenters. The van der Waals surface area contributed by atoms with E-state index in [-0.39, 0.29) is 20.9 Å². The van der Waals surface area contributed by atoms with Crippen LogP contribution in [0.3, 0.4) is 0 Å². The molecule has 1 aromatic heterocycles. The van der Waals surface area contributed by atoms with E-state index in [1.165, 1.54) is 35.2 Å². The lowest BCUT2D eigenvalue weighted by atomic mass is 10.1. The molecule has 31 heavy (non-hydrogen) atoms. The largest absolute Gasteiger partial charge is 0.457 e. The van der Waals surface area contributed by atoms with Crippen molar-refractivity contribution in [2.75, 3.05) is 4.90 Å². The Morgan fingerprint density at radius 3 is 2.68 bits per heavy atom. The smallest absolute Gasteiger partial charge is 0.270 e. The fourth-order valence-corrected chi connectivity index (χ4v) is 4.85. The highest BCUT2D eigenvalue weighted by Gasteiger charge is 2.34. The van der Waals surface area contributed by atoms with Crippen molar-refractivity contribution in [1.29, 1.82) is 0 Å². The van der Waals surface area contributed by atoms with Gasteiger partial charge in [0.15, 0.2) is 4.32 Å². The monoisotopic (exact) mass is 538 g/mol. The van der Waals surface area contributed by atoms with Crippen molar-refractivity contribution in [2.45, 2.75) is 0 Å². The second-order valence-corrected chi connectivity index (χ2v) is 9.18. The number of carbonyl (C=O) groups excluding carboxylic acids is 1. The number of carbonyl (C=O) groups is 1. The Kier molecular flexibility index (Phi) is 5.98. The highest BCUT2D eigenvalue weighted by molar-refractivity contribution is 9.10. The van der Waals surface area contributed by atoms with Crippen molar-refractivity contribution in [3.05, 3.63) is 84.6 Å². The van der Waals surface area contributed by atoms with E-state index >= 15 is 0 Å². The zero-order chi connectivity index (χ0) is 22.3. The second-order valence-electron chi connectivity index (χ2n) is 6.24. The minimum atomic E-state index is -0.591. The Hall–Kier alpha value is -2.53. The summed E-state index contributed by atoms with van der Waals surface area (Å²) in [6, 6.07) is 11.6. The minimum Gasteiger partial charge on any atom is -0.457 e. The first-order valence-corrected chi connectivity index (χ1v) is 10.9. The first kappa shape index (κ1) is 21.7. The van der Waals surface area contributed by atoms with Gasteiger partial charge in [0.2, 0.25) is 0 Å². The van der Waals surface area contributed by atoms with E-state index in [1.54, 1.807) is 24.3 Å². The number of thioether (sulfide) groups is 1. The average Bonchev–Trinajstić information content (AvgIpc) is 3.28. The number of furan rings is 1. The van der Waals surface area contributed by atoms with Gasteiger partial charge < -0.3 is 4.42 Å². The molecular formula is C20H9BrClFN2O4S2. The molecule has 11 heteroatoms. The second kappa shape index (κ2) is 8.54. The highest BCUT2D eigenvalue weighted by Crippen LogP contribution is 2.38. The summed E-state index contributed by atoms with van der Waals surface area (Å²) in [5, 5.41) is 10.8. The Labute approximate surface area is 197 Å². The van der Waals surface area contributed by atoms with Crippen molar-refractivity contribution in [3.63, 3.8) is 0 Å². The lowest BCUT2D eigenvalue weighted by Gasteiger charge is -2.14. The van der Waals surface area contributed by atoms with Crippen molar-refractivity contribution in [1.82, 2.24) is 0 Å². The van der Waals surface area contributed by atoms with Crippen molar-refractivity contribution in [3.8, 4) is 11.3 Å². The third kappa shape index (κ3) is 4.29. The summed E-state index contributed by atoms with van der Waals surface area (Å²) in [4.78, 5) is 24.9. The van der Waals surface area contributed by atoms with Crippen molar-refractivity contribution in [2.24, 2.45) is 0 Å². The molecule has 156 valence electrons. The van der Waals surface area contributed by atoms with Gasteiger partial charge in [-0.05, 0) is 52.3 Å². The fourth-order valence-electron chi connectivity index (χ4n) is 2.84. The molecule has 4 rings (SSSR count). The number of hydrogen-bond donors (Lipinski definition) is 0. The van der Waals surface area contributed by atoms with Crippen LogP contribution in [0.25, 0.3) is 17.4 Å². The summed E-state index contributed by atoms with van der Waals surface area (Å²) < 4.78 is 20.0. The normalized spacial score (nSPS) is 15.2. The standard InChI is InChI=1S/C20H9BrClFN2O4S2/c21-14-7-11(25(27)28)1-4-13(14)17-6-3-12(29-17)9-18-19(26)24(20(30)31-18)10-2-5-16(23)15(22)8-10/h1-9H/b18-9+. The van der Waals surface area contributed by atoms with Gasteiger partial charge in [-0.15, -0.1) is 0 Å². The maximum Gasteiger partial charge on any atom is 0.270 e. The Morgan fingerprint density at radius 2 is 2.00 bits per heavy atom. The van der Waals surface area contributed by atoms with Gasteiger partial charge in [-0.1, -0.05) is 35.6 Å². The maximum atomic E-state index is 13.4. The zero-order valence-electron chi connectivity index (χ0n) is 15.2. The molecule has 0 aliphatic carbocycles. The van der Waals surface area contributed by atoms with Crippen LogP contribution in [0.15, 0.2) is 62.3 Å². The van der Waals surface area contributed by atoms with Gasteiger partial charge in [0.25, 0.3) is 11.6 Å². The van der Waals surface area contributed by atoms with Crippen LogP contribution in [0.2, 0.25) is 5.02 Å². The number of non-ortho nitro benzene ring substituents is 1. The fraction of sp³-hybridized carbons (Fsp3) is 0. The van der Waals surface area contributed by atoms with Crippen LogP contribution < -0.4 is 4.90 Å². The number of benzene rings is 2. The Balaban J connectivity index is 1.61. The molecule has 1 fully saturated rings. The van der Waals surface area contributed by atoms with Crippen LogP contribution in [0, 0.1) is 15.9 Å². The Morgan fingerprint density at radius 1 is 1.23 bits per heavy atom. The average molecular weight is 540 g/mol. The zero-order valence-corrected chi connectivity index (χ0v) is 19.1. The lowest BCUT2D eigenvalue weighted by molar-refractivity contribution is -0.384. The SMILES string of the molecule is O=C1/C(=C\c2ccc(-c3ccc([N+](=O)[O-])cc3Br)o2)SC(=S)N1c1ccc(F)c(Cl)c1. The molecule has 0 spiro atoms. The third-order valence-corrected chi connectivity index (χ3v) is 6.53. The summed E-state index contributed by atoms with van der Waals surface area (Å²) in [6.07, 6.45) is 1.55. The number of anilines is 1. The van der Waals surface area contributed by atoms with E-state index in [0.717, 1.165) is 11.8 Å². The molecular weight excluding hydrogens is 531 g/mol. The van der Waals surface area contributed by atoms with Gasteiger partial charge in [0, 0.05) is 28.2 Å². The molecule has 0 radical (unpaired) electrons. The maximum absolute atomic E-state index is 13.4. The molecule has 1 aliphatic heterocycles. The summed E-state index contributed by atoms with van der Waals surface area (Å²) in [5.74, 6) is -0.106. The van der Waals surface area contributed by atoms with Gasteiger partial charge in [-0.25, -0.2) is 4.39 Å². The van der Waals surface area contributed by atoms with Crippen LogP contribution in [-0.2, 0) is 4.79 Å². The lowest BCUT2D eigenvalue weighted by Crippen LogP contribution is -2.27. The molecule has 0 saturated carbocycles. The van der Waals surface area contributed by atoms with Crippen LogP contribution >= 0.6 is 51.5 Å². The molecule has 2 heterocycles. The minimum absolute atomic E-state index is 0.0491. The number of nitro benzene ring substituents is 1. The first-order chi connectivity index (χ1) is 14.7. The molecule has 3 aromatic rings. The van der Waals surface area contributed by atoms with E-state index in [1.807, 2.05) is 0 Å². The van der Waals surface area contributed by atoms with Crippen LogP contribution in [0.1, 0.15) is 5.76 Å². The van der Waals surface area contributed by atoms with Gasteiger partial charge in [-0.3, -0.25) is 19.8 Å². The molecule has 1 saturated heterocycles. The number of hydrogen-bond acceptors (Lipinski definition) is 6. The predicted octanol–water partition coefficient (Wildman–Crippen LogP) is 6.82. The number of halogens is 3. The molecule has 0 atom stereocenters. The van der Waals surface area contributed by atoms with Gasteiger partial charge in [-0.2, -0.15) is 0 Å². The van der Waals surface area contributed by atoms with Gasteiger partial charge in [0.05, 0.1) is 20.5 Å². The summed E-state index contributed by atoms with van der Waals surface area (Å²) in [6.45, 7) is 0. The van der Waals surface area contributed by atoms with Gasteiger partial charge in [0.1, 0.15) is 17.3 Å². The van der Waals surface area contributed by atoms with E-state index in [9.17, 15) is 19.3 Å². The van der Waals surface area contributed by atoms with Gasteiger partial charge >= 0.3 is 0 Å². The molecule has 6 nitrogen and oxygen atoms in total. The number of amides is 1. The molecule has 1 amide bonds. The van der Waals surface area contributed by atoms with E-state index < -0.39 is 10.7 Å². The number of nitro groups is 1. The first-order valence-electron chi connectivity index (χ1n) is 8.52. The number of thiocarbonyl (C=S) groups is 1. The quantitative estimate of drug-likeness (QED) is 0.157. The predicted molar refractivity (Wildman–Crippen MR) is 126 cm³/mol. The number of rotatable bonds is 4. The summed E-state index contributed by atoms with van der Waals surface area (Å²) in [7, 11) is 0. The van der Waals surface area contributed by atoms with E-state index in [4.69, 9.17) is 28.2 Å².